The van der Waals surface area contributed by atoms with Crippen LogP contribution in [0.15, 0.2) is 0 Å². The van der Waals surface area contributed by atoms with Gasteiger partial charge in [-0.05, 0) is 13.8 Å². The van der Waals surface area contributed by atoms with Crippen molar-refractivity contribution in [1.29, 1.82) is 0 Å². The predicted molar refractivity (Wildman–Crippen MR) is 39.4 cm³/mol. The number of ether oxygens (including phenoxy) is 1. The first-order chi connectivity index (χ1) is 5.50. The molecule has 5 heteroatoms. The van der Waals surface area contributed by atoms with Gasteiger partial charge in [0, 0.05) is 0 Å². The number of carboxylic acids is 1. The fraction of sp³-hybridized carbons (Fsp3) is 0.714. The highest BCUT2D eigenvalue weighted by atomic mass is 16.5. The lowest BCUT2D eigenvalue weighted by molar-refractivity contribution is -0.162. The average molecular weight is 176 g/mol. The minimum atomic E-state index is -1.58. The molecule has 0 aliphatic rings. The second-order valence-corrected chi connectivity index (χ2v) is 2.32. The van der Waals surface area contributed by atoms with Gasteiger partial charge in [0.1, 0.15) is 0 Å². The fourth-order valence-electron chi connectivity index (χ4n) is 0.567. The van der Waals surface area contributed by atoms with Gasteiger partial charge in [-0.1, -0.05) is 0 Å². The number of carboxylic acid groups (broad SMARTS) is 1. The molecule has 0 aliphatic heterocycles. The first-order valence-corrected chi connectivity index (χ1v) is 3.58. The third-order valence-electron chi connectivity index (χ3n) is 1.39. The molecule has 0 fully saturated rings. The van der Waals surface area contributed by atoms with E-state index >= 15 is 0 Å². The largest absolute Gasteiger partial charge is 0.481 e. The number of aliphatic hydroxyl groups is 1. The Kier molecular flexibility index (Phi) is 4.28. The average Bonchev–Trinajstić information content (AvgIpc) is 2.02. The van der Waals surface area contributed by atoms with Gasteiger partial charge in [-0.25, -0.2) is 4.79 Å². The molecule has 0 bridgehead atoms. The van der Waals surface area contributed by atoms with Crippen LogP contribution in [-0.4, -0.2) is 34.9 Å². The number of esters is 1. The quantitative estimate of drug-likeness (QED) is 0.571. The maximum atomic E-state index is 10.8. The number of hydrogen-bond acceptors (Lipinski definition) is 4. The van der Waals surface area contributed by atoms with E-state index in [1.54, 1.807) is 6.92 Å². The second-order valence-electron chi connectivity index (χ2n) is 2.32. The van der Waals surface area contributed by atoms with E-state index in [2.05, 4.69) is 4.74 Å². The van der Waals surface area contributed by atoms with E-state index < -0.39 is 24.0 Å². The minimum absolute atomic E-state index is 0.127. The smallest absolute Gasteiger partial charge is 0.335 e. The summed E-state index contributed by atoms with van der Waals surface area (Å²) in [6.07, 6.45) is -1.58. The van der Waals surface area contributed by atoms with Crippen LogP contribution in [0.1, 0.15) is 13.8 Å². The van der Waals surface area contributed by atoms with Gasteiger partial charge in [-0.2, -0.15) is 0 Å². The number of aliphatic hydroxyl groups excluding tert-OH is 1. The van der Waals surface area contributed by atoms with Crippen LogP contribution in [0, 0.1) is 5.92 Å². The van der Waals surface area contributed by atoms with Crippen LogP contribution in [0.2, 0.25) is 0 Å². The Bertz CT molecular complexity index is 177. The highest BCUT2D eigenvalue weighted by Gasteiger charge is 2.28. The molecule has 2 N–H and O–H groups in total. The summed E-state index contributed by atoms with van der Waals surface area (Å²) in [5, 5.41) is 17.4. The summed E-state index contributed by atoms with van der Waals surface area (Å²) in [4.78, 5) is 21.0. The third kappa shape index (κ3) is 2.87. The number of hydrogen-bond donors (Lipinski definition) is 2. The Balaban J connectivity index is 4.09. The lowest BCUT2D eigenvalue weighted by Gasteiger charge is -2.12. The molecule has 2 atom stereocenters. The van der Waals surface area contributed by atoms with Gasteiger partial charge in [0.25, 0.3) is 0 Å². The van der Waals surface area contributed by atoms with Crippen LogP contribution in [0.5, 0.6) is 0 Å². The Hall–Kier alpha value is -1.10. The van der Waals surface area contributed by atoms with Gasteiger partial charge in [0.15, 0.2) is 6.10 Å². The molecule has 0 unspecified atom stereocenters. The Morgan fingerprint density at radius 3 is 2.33 bits per heavy atom. The number of carbonyl (C=O) groups is 2. The Labute approximate surface area is 70.0 Å². The lowest BCUT2D eigenvalue weighted by Crippen LogP contribution is -2.34. The zero-order chi connectivity index (χ0) is 9.72. The summed E-state index contributed by atoms with van der Waals surface area (Å²) in [5.41, 5.74) is 0. The molecule has 0 saturated heterocycles. The highest BCUT2D eigenvalue weighted by Crippen LogP contribution is 2.04. The molecular formula is C7H12O5. The molecule has 0 spiro atoms. The van der Waals surface area contributed by atoms with Crippen molar-refractivity contribution in [2.75, 3.05) is 6.61 Å². The monoisotopic (exact) mass is 176 g/mol. The first kappa shape index (κ1) is 10.9. The van der Waals surface area contributed by atoms with Gasteiger partial charge >= 0.3 is 11.9 Å². The second kappa shape index (κ2) is 4.71. The van der Waals surface area contributed by atoms with Crippen molar-refractivity contribution < 1.29 is 24.5 Å². The molecule has 0 aromatic heterocycles. The summed E-state index contributed by atoms with van der Waals surface area (Å²) < 4.78 is 4.42. The van der Waals surface area contributed by atoms with Gasteiger partial charge in [0.05, 0.1) is 12.5 Å². The zero-order valence-corrected chi connectivity index (χ0v) is 6.98. The van der Waals surface area contributed by atoms with Crippen LogP contribution in [0.25, 0.3) is 0 Å². The highest BCUT2D eigenvalue weighted by molar-refractivity contribution is 5.82. The molecule has 0 rings (SSSR count). The van der Waals surface area contributed by atoms with Crippen LogP contribution >= 0.6 is 0 Å². The normalized spacial score (nSPS) is 14.9. The van der Waals surface area contributed by atoms with Crippen molar-refractivity contribution in [2.45, 2.75) is 20.0 Å². The van der Waals surface area contributed by atoms with Crippen molar-refractivity contribution in [1.82, 2.24) is 0 Å². The SMILES string of the molecule is CCOC(=O)[C@@H](O)[C@@H](C)C(=O)O. The van der Waals surface area contributed by atoms with E-state index in [1.165, 1.54) is 6.92 Å². The molecule has 5 nitrogen and oxygen atoms in total. The minimum Gasteiger partial charge on any atom is -0.481 e. The maximum absolute atomic E-state index is 10.8. The van der Waals surface area contributed by atoms with Gasteiger partial charge in [0.2, 0.25) is 0 Å². The van der Waals surface area contributed by atoms with E-state index in [4.69, 9.17) is 10.2 Å². The van der Waals surface area contributed by atoms with Crippen molar-refractivity contribution in [2.24, 2.45) is 5.92 Å². The lowest BCUT2D eigenvalue weighted by atomic mass is 10.1. The number of aliphatic carboxylic acids is 1. The zero-order valence-electron chi connectivity index (χ0n) is 6.98. The predicted octanol–water partition coefficient (Wildman–Crippen LogP) is -0.369. The Morgan fingerprint density at radius 2 is 2.00 bits per heavy atom. The van der Waals surface area contributed by atoms with Gasteiger partial charge < -0.3 is 14.9 Å². The first-order valence-electron chi connectivity index (χ1n) is 3.58. The molecular weight excluding hydrogens is 164 g/mol. The maximum Gasteiger partial charge on any atom is 0.335 e. The Morgan fingerprint density at radius 1 is 1.50 bits per heavy atom. The van der Waals surface area contributed by atoms with Crippen LogP contribution in [-0.2, 0) is 14.3 Å². The van der Waals surface area contributed by atoms with Crippen molar-refractivity contribution >= 4 is 11.9 Å². The molecule has 0 heterocycles. The molecule has 0 aromatic rings. The summed E-state index contributed by atoms with van der Waals surface area (Å²) in [7, 11) is 0. The van der Waals surface area contributed by atoms with E-state index in [0.717, 1.165) is 0 Å². The van der Waals surface area contributed by atoms with E-state index in [9.17, 15) is 9.59 Å². The molecule has 0 radical (unpaired) electrons. The summed E-state index contributed by atoms with van der Waals surface area (Å²) in [5.74, 6) is -3.26. The topological polar surface area (TPSA) is 83.8 Å². The van der Waals surface area contributed by atoms with Crippen LogP contribution < -0.4 is 0 Å². The third-order valence-corrected chi connectivity index (χ3v) is 1.39. The molecule has 0 aliphatic carbocycles. The van der Waals surface area contributed by atoms with Crippen LogP contribution in [0.4, 0.5) is 0 Å². The van der Waals surface area contributed by atoms with E-state index in [-0.39, 0.29) is 6.61 Å². The van der Waals surface area contributed by atoms with E-state index in [0.29, 0.717) is 0 Å². The van der Waals surface area contributed by atoms with Crippen LogP contribution in [0.3, 0.4) is 0 Å². The molecule has 0 aromatic carbocycles. The van der Waals surface area contributed by atoms with Crippen molar-refractivity contribution in [3.05, 3.63) is 0 Å². The molecule has 70 valence electrons. The fourth-order valence-corrected chi connectivity index (χ4v) is 0.567. The molecule has 0 amide bonds. The van der Waals surface area contributed by atoms with Crippen molar-refractivity contribution in [3.63, 3.8) is 0 Å². The summed E-state index contributed by atoms with van der Waals surface area (Å²) in [6, 6.07) is 0. The molecule has 0 saturated carbocycles. The van der Waals surface area contributed by atoms with Gasteiger partial charge in [-0.15, -0.1) is 0 Å². The van der Waals surface area contributed by atoms with E-state index in [1.807, 2.05) is 0 Å². The van der Waals surface area contributed by atoms with Crippen molar-refractivity contribution in [3.8, 4) is 0 Å². The molecule has 12 heavy (non-hydrogen) atoms. The summed E-state index contributed by atoms with van der Waals surface area (Å²) in [6.45, 7) is 2.95. The van der Waals surface area contributed by atoms with Gasteiger partial charge in [-0.3, -0.25) is 4.79 Å². The number of rotatable bonds is 4. The standard InChI is InChI=1S/C7H12O5/c1-3-12-7(11)5(8)4(2)6(9)10/h4-5,8H,3H2,1-2H3,(H,9,10)/t4-,5+/m1/s1. The number of carbonyl (C=O) groups excluding carboxylic acids is 1. The summed E-state index contributed by atoms with van der Waals surface area (Å²) >= 11 is 0.